The number of esters is 1. The molecular weight excluding hydrogens is 445 g/mol. The minimum Gasteiger partial charge on any atom is -0.466 e. The molecule has 0 bridgehead atoms. The fourth-order valence-corrected chi connectivity index (χ4v) is 3.64. The van der Waals surface area contributed by atoms with E-state index in [4.69, 9.17) is 4.74 Å². The van der Waals surface area contributed by atoms with Crippen molar-refractivity contribution in [1.82, 2.24) is 0 Å². The highest BCUT2D eigenvalue weighted by molar-refractivity contribution is 5.98. The summed E-state index contributed by atoms with van der Waals surface area (Å²) in [6.07, 6.45) is -10.9. The molecule has 2 unspecified atom stereocenters. The quantitative estimate of drug-likeness (QED) is 0.291. The first-order chi connectivity index (χ1) is 14.8. The van der Waals surface area contributed by atoms with Crippen LogP contribution < -0.4 is 0 Å². The summed E-state index contributed by atoms with van der Waals surface area (Å²) >= 11 is 0. The number of unbranched alkanes of at least 4 members (excludes halogenated alkanes) is 1. The van der Waals surface area contributed by atoms with Crippen molar-refractivity contribution in [3.63, 3.8) is 0 Å². The van der Waals surface area contributed by atoms with Gasteiger partial charge in [0.2, 0.25) is 0 Å². The van der Waals surface area contributed by atoms with Gasteiger partial charge < -0.3 is 4.74 Å². The topological polar surface area (TPSA) is 62.4 Å². The number of hydrogen-bond donors (Lipinski definition) is 0. The maximum Gasteiger partial charge on any atom is 0.416 e. The van der Waals surface area contributed by atoms with Gasteiger partial charge in [0.15, 0.2) is 0 Å². The summed E-state index contributed by atoms with van der Waals surface area (Å²) in [6.45, 7) is 1.38. The Bertz CT molecular complexity index is 972. The Hall–Kier alpha value is -2.90. The number of hydrogen-bond acceptors (Lipinski definition) is 4. The lowest BCUT2D eigenvalue weighted by molar-refractivity contribution is -0.140. The van der Waals surface area contributed by atoms with Crippen molar-refractivity contribution in [2.24, 2.45) is 10.9 Å². The summed E-state index contributed by atoms with van der Waals surface area (Å²) in [4.78, 5) is 16.7. The van der Waals surface area contributed by atoms with Crippen molar-refractivity contribution in [3.8, 4) is 6.07 Å². The molecule has 0 saturated heterocycles. The van der Waals surface area contributed by atoms with Crippen molar-refractivity contribution >= 4 is 11.7 Å². The average Bonchev–Trinajstić information content (AvgIpc) is 2.68. The molecule has 2 rings (SSSR count). The van der Waals surface area contributed by atoms with Crippen LogP contribution in [0.5, 0.6) is 0 Å². The molecule has 2 atom stereocenters. The molecule has 0 amide bonds. The van der Waals surface area contributed by atoms with Gasteiger partial charge in [-0.2, -0.15) is 31.6 Å². The number of alkyl halides is 6. The Morgan fingerprint density at radius 1 is 1.19 bits per heavy atom. The zero-order valence-electron chi connectivity index (χ0n) is 17.1. The van der Waals surface area contributed by atoms with Crippen molar-refractivity contribution in [1.29, 1.82) is 5.26 Å². The maximum atomic E-state index is 13.7. The number of halogens is 7. The van der Waals surface area contributed by atoms with Gasteiger partial charge in [-0.3, -0.25) is 4.99 Å². The van der Waals surface area contributed by atoms with Crippen molar-refractivity contribution in [3.05, 3.63) is 46.4 Å². The minimum absolute atomic E-state index is 0.0500. The molecule has 1 heterocycles. The second-order valence-corrected chi connectivity index (χ2v) is 7.24. The Kier molecular flexibility index (Phi) is 7.70. The van der Waals surface area contributed by atoms with Crippen LogP contribution in [0, 0.1) is 23.1 Å². The molecule has 0 spiro atoms. The zero-order chi connectivity index (χ0) is 24.3. The number of carbonyl (C=O) groups excluding carboxylic acids is 1. The van der Waals surface area contributed by atoms with E-state index in [1.807, 2.05) is 6.07 Å². The number of rotatable bonds is 6. The van der Waals surface area contributed by atoms with Gasteiger partial charge in [-0.05, 0) is 43.9 Å². The molecule has 1 aliphatic rings. The molecule has 1 aliphatic heterocycles. The van der Waals surface area contributed by atoms with Crippen LogP contribution in [0.15, 0.2) is 34.5 Å². The summed E-state index contributed by atoms with van der Waals surface area (Å²) in [5.41, 5.74) is -2.20. The van der Waals surface area contributed by atoms with Gasteiger partial charge in [-0.1, -0.05) is 6.07 Å². The summed E-state index contributed by atoms with van der Waals surface area (Å²) in [7, 11) is 0.982. The predicted molar refractivity (Wildman–Crippen MR) is 99.9 cm³/mol. The van der Waals surface area contributed by atoms with E-state index in [0.29, 0.717) is 0 Å². The number of nitrogens with zero attached hydrogens (tertiary/aromatic N) is 2. The van der Waals surface area contributed by atoms with E-state index in [1.54, 1.807) is 0 Å². The van der Waals surface area contributed by atoms with Crippen LogP contribution in [-0.2, 0) is 15.7 Å². The highest BCUT2D eigenvalue weighted by Gasteiger charge is 2.44. The summed E-state index contributed by atoms with van der Waals surface area (Å²) in [5.74, 6) is -5.00. The van der Waals surface area contributed by atoms with Gasteiger partial charge in [-0.15, -0.1) is 0 Å². The van der Waals surface area contributed by atoms with E-state index >= 15 is 0 Å². The lowest BCUT2D eigenvalue weighted by Crippen LogP contribution is -2.31. The molecule has 1 aromatic rings. The van der Waals surface area contributed by atoms with E-state index < -0.39 is 53.5 Å². The van der Waals surface area contributed by atoms with Crippen LogP contribution in [-0.4, -0.2) is 25.0 Å². The van der Waals surface area contributed by atoms with Crippen molar-refractivity contribution in [2.75, 3.05) is 7.11 Å². The number of carbonyl (C=O) groups is 1. The minimum atomic E-state index is -4.99. The average molecular weight is 464 g/mol. The van der Waals surface area contributed by atoms with Crippen molar-refractivity contribution < 1.29 is 40.3 Å². The Labute approximate surface area is 179 Å². The molecule has 0 radical (unpaired) electrons. The van der Waals surface area contributed by atoms with Gasteiger partial charge in [0.05, 0.1) is 35.9 Å². The zero-order valence-corrected chi connectivity index (χ0v) is 17.1. The second-order valence-electron chi connectivity index (χ2n) is 7.24. The Morgan fingerprint density at radius 3 is 2.38 bits per heavy atom. The first-order valence-electron chi connectivity index (χ1n) is 9.49. The Morgan fingerprint density at radius 2 is 1.84 bits per heavy atom. The fraction of sp³-hybridized carbons (Fsp3) is 0.476. The van der Waals surface area contributed by atoms with Gasteiger partial charge in [0, 0.05) is 18.1 Å². The number of benzene rings is 1. The molecule has 0 fully saturated rings. The van der Waals surface area contributed by atoms with Crippen LogP contribution in [0.1, 0.15) is 49.7 Å². The van der Waals surface area contributed by atoms with Gasteiger partial charge in [0.1, 0.15) is 5.82 Å². The van der Waals surface area contributed by atoms with Crippen LogP contribution in [0.4, 0.5) is 30.7 Å². The first kappa shape index (κ1) is 25.4. The van der Waals surface area contributed by atoms with E-state index in [2.05, 4.69) is 4.99 Å². The molecule has 0 saturated carbocycles. The largest absolute Gasteiger partial charge is 0.466 e. The standard InChI is InChI=1S/C21H19F7N2O2/c1-11-14(10-29)17(13-7-6-12(22)9-15(13)21(26,27)28)18(19(31)32-2)16(30-11)5-3-4-8-20(23,24)25/h6-7,9,14,17H,3-5,8H2,1-2H3. The lowest BCUT2D eigenvalue weighted by Gasteiger charge is -2.31. The molecule has 11 heteroatoms. The van der Waals surface area contributed by atoms with Crippen LogP contribution in [0.3, 0.4) is 0 Å². The number of aliphatic imine (C=N–C) groups is 1. The predicted octanol–water partition coefficient (Wildman–Crippen LogP) is 6.09. The number of ether oxygens (including phenoxy) is 1. The SMILES string of the molecule is COC(=O)C1=C(CCCCC(F)(F)F)N=C(C)C(C#N)C1c1ccc(F)cc1C(F)(F)F. The van der Waals surface area contributed by atoms with E-state index in [0.717, 1.165) is 19.2 Å². The second kappa shape index (κ2) is 9.71. The molecule has 1 aromatic carbocycles. The van der Waals surface area contributed by atoms with Crippen molar-refractivity contribution in [2.45, 2.75) is 50.9 Å². The van der Waals surface area contributed by atoms with Crippen LogP contribution in [0.25, 0.3) is 0 Å². The normalized spacial score (nSPS) is 19.4. The third-order valence-electron chi connectivity index (χ3n) is 5.04. The molecule has 32 heavy (non-hydrogen) atoms. The fourth-order valence-electron chi connectivity index (χ4n) is 3.64. The summed E-state index contributed by atoms with van der Waals surface area (Å²) in [5, 5.41) is 9.62. The number of nitriles is 1. The molecule has 0 N–H and O–H groups in total. The number of methoxy groups -OCH3 is 1. The third kappa shape index (κ3) is 5.87. The summed E-state index contributed by atoms with van der Waals surface area (Å²) in [6, 6.07) is 3.72. The van der Waals surface area contributed by atoms with E-state index in [1.165, 1.54) is 6.92 Å². The van der Waals surface area contributed by atoms with E-state index in [-0.39, 0.29) is 42.3 Å². The highest BCUT2D eigenvalue weighted by atomic mass is 19.4. The third-order valence-corrected chi connectivity index (χ3v) is 5.04. The monoisotopic (exact) mass is 464 g/mol. The van der Waals surface area contributed by atoms with Gasteiger partial charge >= 0.3 is 18.3 Å². The molecule has 0 aliphatic carbocycles. The van der Waals surface area contributed by atoms with Crippen LogP contribution in [0.2, 0.25) is 0 Å². The van der Waals surface area contributed by atoms with Crippen LogP contribution >= 0.6 is 0 Å². The first-order valence-corrected chi connectivity index (χ1v) is 9.49. The van der Waals surface area contributed by atoms with Gasteiger partial charge in [0.25, 0.3) is 0 Å². The Balaban J connectivity index is 2.63. The molecular formula is C21H19F7N2O2. The van der Waals surface area contributed by atoms with Gasteiger partial charge in [-0.25, -0.2) is 9.18 Å². The summed E-state index contributed by atoms with van der Waals surface area (Å²) < 4.78 is 96.6. The molecule has 0 aromatic heterocycles. The number of allylic oxidation sites excluding steroid dienone is 1. The highest BCUT2D eigenvalue weighted by Crippen LogP contribution is 2.45. The molecule has 4 nitrogen and oxygen atoms in total. The van der Waals surface area contributed by atoms with E-state index in [9.17, 15) is 40.8 Å². The lowest BCUT2D eigenvalue weighted by atomic mass is 9.74. The maximum absolute atomic E-state index is 13.7. The molecule has 174 valence electrons. The smallest absolute Gasteiger partial charge is 0.416 e.